The van der Waals surface area contributed by atoms with Crippen LogP contribution in [0, 0.1) is 5.41 Å². The summed E-state index contributed by atoms with van der Waals surface area (Å²) in [7, 11) is 0. The van der Waals surface area contributed by atoms with E-state index < -0.39 is 24.1 Å². The molecule has 1 unspecified atom stereocenters. The number of rotatable bonds is 3. The SMILES string of the molecule is CC(O)C1(CCC(F)(F)F)CC1. The van der Waals surface area contributed by atoms with Crippen molar-refractivity contribution < 1.29 is 18.3 Å². The van der Waals surface area contributed by atoms with Crippen molar-refractivity contribution in [3.8, 4) is 0 Å². The molecule has 1 fully saturated rings. The quantitative estimate of drug-likeness (QED) is 0.710. The molecule has 1 rings (SSSR count). The van der Waals surface area contributed by atoms with E-state index in [-0.39, 0.29) is 6.42 Å². The average molecular weight is 182 g/mol. The molecule has 1 saturated carbocycles. The van der Waals surface area contributed by atoms with Crippen molar-refractivity contribution >= 4 is 0 Å². The van der Waals surface area contributed by atoms with Gasteiger partial charge in [0.25, 0.3) is 0 Å². The molecule has 0 aromatic carbocycles. The van der Waals surface area contributed by atoms with E-state index in [1.54, 1.807) is 6.92 Å². The lowest BCUT2D eigenvalue weighted by Crippen LogP contribution is -2.21. The first kappa shape index (κ1) is 9.84. The third-order valence-corrected chi connectivity index (χ3v) is 2.68. The second kappa shape index (κ2) is 2.91. The Kier molecular flexibility index (Phi) is 2.38. The predicted molar refractivity (Wildman–Crippen MR) is 38.6 cm³/mol. The average Bonchev–Trinajstić information content (AvgIpc) is 2.61. The maximum atomic E-state index is 11.8. The Labute approximate surface area is 69.6 Å². The topological polar surface area (TPSA) is 20.2 Å². The molecule has 4 heteroatoms. The Morgan fingerprint density at radius 3 is 2.17 bits per heavy atom. The minimum Gasteiger partial charge on any atom is -0.393 e. The number of alkyl halides is 3. The van der Waals surface area contributed by atoms with E-state index in [2.05, 4.69) is 0 Å². The summed E-state index contributed by atoms with van der Waals surface area (Å²) in [5.74, 6) is 0. The first-order valence-electron chi connectivity index (χ1n) is 4.11. The second-order valence-corrected chi connectivity index (χ2v) is 3.65. The van der Waals surface area contributed by atoms with Crippen molar-refractivity contribution in [1.82, 2.24) is 0 Å². The van der Waals surface area contributed by atoms with Gasteiger partial charge < -0.3 is 5.11 Å². The molecule has 1 aliphatic rings. The lowest BCUT2D eigenvalue weighted by Gasteiger charge is -2.18. The van der Waals surface area contributed by atoms with E-state index in [4.69, 9.17) is 0 Å². The van der Waals surface area contributed by atoms with E-state index in [0.29, 0.717) is 0 Å². The van der Waals surface area contributed by atoms with Crippen LogP contribution in [0.2, 0.25) is 0 Å². The van der Waals surface area contributed by atoms with Crippen LogP contribution in [0.25, 0.3) is 0 Å². The Morgan fingerprint density at radius 2 is 1.92 bits per heavy atom. The van der Waals surface area contributed by atoms with Crippen molar-refractivity contribution in [2.75, 3.05) is 0 Å². The molecule has 0 aromatic heterocycles. The van der Waals surface area contributed by atoms with Gasteiger partial charge in [-0.1, -0.05) is 0 Å². The van der Waals surface area contributed by atoms with Crippen LogP contribution < -0.4 is 0 Å². The van der Waals surface area contributed by atoms with Crippen LogP contribution in [0.3, 0.4) is 0 Å². The minimum atomic E-state index is -4.08. The van der Waals surface area contributed by atoms with Gasteiger partial charge in [0.2, 0.25) is 0 Å². The highest BCUT2D eigenvalue weighted by Gasteiger charge is 2.48. The van der Waals surface area contributed by atoms with Gasteiger partial charge in [0.1, 0.15) is 0 Å². The van der Waals surface area contributed by atoms with E-state index >= 15 is 0 Å². The maximum Gasteiger partial charge on any atom is 0.389 e. The Balaban J connectivity index is 2.32. The summed E-state index contributed by atoms with van der Waals surface area (Å²) >= 11 is 0. The highest BCUT2D eigenvalue weighted by atomic mass is 19.4. The summed E-state index contributed by atoms with van der Waals surface area (Å²) in [5.41, 5.74) is -0.407. The third kappa shape index (κ3) is 2.37. The van der Waals surface area contributed by atoms with Crippen LogP contribution in [0.15, 0.2) is 0 Å². The zero-order valence-corrected chi connectivity index (χ0v) is 6.99. The Hall–Kier alpha value is -0.250. The molecule has 0 radical (unpaired) electrons. The van der Waals surface area contributed by atoms with Gasteiger partial charge in [0, 0.05) is 6.42 Å². The van der Waals surface area contributed by atoms with Gasteiger partial charge in [-0.3, -0.25) is 0 Å². The Bertz CT molecular complexity index is 158. The molecular formula is C8H13F3O. The van der Waals surface area contributed by atoms with E-state index in [0.717, 1.165) is 12.8 Å². The zero-order valence-electron chi connectivity index (χ0n) is 6.99. The third-order valence-electron chi connectivity index (χ3n) is 2.68. The molecule has 1 atom stereocenters. The highest BCUT2D eigenvalue weighted by Crippen LogP contribution is 2.53. The number of aliphatic hydroxyl groups excluding tert-OH is 1. The predicted octanol–water partition coefficient (Wildman–Crippen LogP) is 2.49. The largest absolute Gasteiger partial charge is 0.393 e. The first-order valence-corrected chi connectivity index (χ1v) is 4.11. The molecule has 0 aromatic rings. The highest BCUT2D eigenvalue weighted by molar-refractivity contribution is 4.97. The maximum absolute atomic E-state index is 11.8. The van der Waals surface area contributed by atoms with Gasteiger partial charge in [0.15, 0.2) is 0 Å². The summed E-state index contributed by atoms with van der Waals surface area (Å²) in [4.78, 5) is 0. The summed E-state index contributed by atoms with van der Waals surface area (Å²) in [6.45, 7) is 1.57. The lowest BCUT2D eigenvalue weighted by molar-refractivity contribution is -0.140. The fourth-order valence-electron chi connectivity index (χ4n) is 1.43. The van der Waals surface area contributed by atoms with Crippen LogP contribution in [-0.4, -0.2) is 17.4 Å². The number of hydrogen-bond donors (Lipinski definition) is 1. The van der Waals surface area contributed by atoms with Gasteiger partial charge in [0.05, 0.1) is 6.10 Å². The number of halogens is 3. The molecule has 72 valence electrons. The van der Waals surface area contributed by atoms with E-state index in [1.807, 2.05) is 0 Å². The number of hydrogen-bond acceptors (Lipinski definition) is 1. The van der Waals surface area contributed by atoms with Gasteiger partial charge >= 0.3 is 6.18 Å². The van der Waals surface area contributed by atoms with Gasteiger partial charge in [-0.2, -0.15) is 13.2 Å². The van der Waals surface area contributed by atoms with Gasteiger partial charge in [-0.25, -0.2) is 0 Å². The summed E-state index contributed by atoms with van der Waals surface area (Å²) in [6.07, 6.45) is -3.89. The monoisotopic (exact) mass is 182 g/mol. The van der Waals surface area contributed by atoms with Crippen LogP contribution in [0.4, 0.5) is 13.2 Å². The van der Waals surface area contributed by atoms with Crippen LogP contribution >= 0.6 is 0 Å². The van der Waals surface area contributed by atoms with Crippen LogP contribution in [0.1, 0.15) is 32.6 Å². The first-order chi connectivity index (χ1) is 5.36. The standard InChI is InChI=1S/C8H13F3O/c1-6(12)7(2-3-7)4-5-8(9,10)11/h6,12H,2-5H2,1H3. The van der Waals surface area contributed by atoms with Crippen molar-refractivity contribution in [1.29, 1.82) is 0 Å². The minimum absolute atomic E-state index is 0.0775. The van der Waals surface area contributed by atoms with Gasteiger partial charge in [-0.05, 0) is 31.6 Å². The smallest absolute Gasteiger partial charge is 0.389 e. The molecule has 1 nitrogen and oxygen atoms in total. The van der Waals surface area contributed by atoms with Crippen LogP contribution in [0.5, 0.6) is 0 Å². The fraction of sp³-hybridized carbons (Fsp3) is 1.00. The summed E-state index contributed by atoms with van der Waals surface area (Å²) in [5, 5.41) is 9.17. The Morgan fingerprint density at radius 1 is 1.42 bits per heavy atom. The molecule has 0 saturated heterocycles. The van der Waals surface area contributed by atoms with Gasteiger partial charge in [-0.15, -0.1) is 0 Å². The molecule has 12 heavy (non-hydrogen) atoms. The molecule has 0 aliphatic heterocycles. The van der Waals surface area contributed by atoms with E-state index in [1.165, 1.54) is 0 Å². The second-order valence-electron chi connectivity index (χ2n) is 3.65. The molecule has 0 spiro atoms. The van der Waals surface area contributed by atoms with E-state index in [9.17, 15) is 18.3 Å². The van der Waals surface area contributed by atoms with Crippen molar-refractivity contribution in [2.24, 2.45) is 5.41 Å². The van der Waals surface area contributed by atoms with Crippen molar-refractivity contribution in [2.45, 2.75) is 44.9 Å². The summed E-state index contributed by atoms with van der Waals surface area (Å²) < 4.78 is 35.4. The number of aliphatic hydroxyl groups is 1. The van der Waals surface area contributed by atoms with Crippen molar-refractivity contribution in [3.63, 3.8) is 0 Å². The van der Waals surface area contributed by atoms with Crippen LogP contribution in [-0.2, 0) is 0 Å². The molecule has 0 heterocycles. The van der Waals surface area contributed by atoms with Crippen molar-refractivity contribution in [3.05, 3.63) is 0 Å². The molecule has 0 bridgehead atoms. The fourth-order valence-corrected chi connectivity index (χ4v) is 1.43. The lowest BCUT2D eigenvalue weighted by atomic mass is 9.94. The summed E-state index contributed by atoms with van der Waals surface area (Å²) in [6, 6.07) is 0. The molecule has 0 amide bonds. The molecule has 1 N–H and O–H groups in total. The normalized spacial score (nSPS) is 23.8. The zero-order chi connectivity index (χ0) is 9.41. The molecular weight excluding hydrogens is 169 g/mol. The molecule has 1 aliphatic carbocycles.